The first kappa shape index (κ1) is 20.0. The van der Waals surface area contributed by atoms with E-state index in [1.807, 2.05) is 66.7 Å². The predicted octanol–water partition coefficient (Wildman–Crippen LogP) is 6.40. The lowest BCUT2D eigenvalue weighted by atomic mass is 9.98. The Morgan fingerprint density at radius 2 is 1.10 bits per heavy atom. The highest BCUT2D eigenvalue weighted by molar-refractivity contribution is 7.88. The van der Waals surface area contributed by atoms with Gasteiger partial charge >= 0.3 is 15.6 Å². The fraction of sp³-hybridized carbons (Fsp3) is 0.0435. The second-order valence-corrected chi connectivity index (χ2v) is 8.19. The first-order chi connectivity index (χ1) is 14.2. The third kappa shape index (κ3) is 4.02. The van der Waals surface area contributed by atoms with E-state index in [1.165, 1.54) is 18.2 Å². The van der Waals surface area contributed by atoms with Crippen LogP contribution < -0.4 is 4.18 Å². The lowest BCUT2D eigenvalue weighted by Gasteiger charge is -2.10. The standard InChI is InChI=1S/C23H15F3O3S/c24-23(25,26)30(27,28)29-22-13-12-20-14-19(10-11-21(20)15-22)18-8-6-17(7-9-18)16-4-2-1-3-5-16/h1-15H. The van der Waals surface area contributed by atoms with Crippen molar-refractivity contribution in [3.8, 4) is 28.0 Å². The van der Waals surface area contributed by atoms with Crippen LogP contribution in [0.25, 0.3) is 33.0 Å². The van der Waals surface area contributed by atoms with Crippen LogP contribution in [0.2, 0.25) is 0 Å². The van der Waals surface area contributed by atoms with E-state index >= 15 is 0 Å². The molecule has 0 unspecified atom stereocenters. The molecule has 7 heteroatoms. The highest BCUT2D eigenvalue weighted by Gasteiger charge is 2.48. The van der Waals surface area contributed by atoms with Crippen molar-refractivity contribution >= 4 is 20.9 Å². The molecule has 30 heavy (non-hydrogen) atoms. The highest BCUT2D eigenvalue weighted by atomic mass is 32.2. The molecule has 0 amide bonds. The minimum absolute atomic E-state index is 0.389. The number of hydrogen-bond acceptors (Lipinski definition) is 3. The molecule has 0 N–H and O–H groups in total. The fourth-order valence-corrected chi connectivity index (χ4v) is 3.57. The van der Waals surface area contributed by atoms with Gasteiger partial charge in [0.25, 0.3) is 0 Å². The van der Waals surface area contributed by atoms with Crippen LogP contribution in [0.4, 0.5) is 13.2 Å². The molecule has 0 aliphatic rings. The Balaban J connectivity index is 1.61. The second kappa shape index (κ2) is 7.50. The summed E-state index contributed by atoms with van der Waals surface area (Å²) < 4.78 is 64.0. The molecule has 0 saturated heterocycles. The van der Waals surface area contributed by atoms with Gasteiger partial charge in [-0.05, 0) is 51.2 Å². The number of fused-ring (bicyclic) bond motifs is 1. The lowest BCUT2D eigenvalue weighted by molar-refractivity contribution is -0.0500. The maximum Gasteiger partial charge on any atom is 0.534 e. The van der Waals surface area contributed by atoms with Gasteiger partial charge in [0.15, 0.2) is 0 Å². The Bertz CT molecular complexity index is 1300. The molecule has 4 rings (SSSR count). The highest BCUT2D eigenvalue weighted by Crippen LogP contribution is 2.31. The summed E-state index contributed by atoms with van der Waals surface area (Å²) in [5, 5.41) is 1.31. The Morgan fingerprint density at radius 1 is 0.600 bits per heavy atom. The zero-order valence-electron chi connectivity index (χ0n) is 15.4. The Labute approximate surface area is 171 Å². The number of halogens is 3. The van der Waals surface area contributed by atoms with Crippen LogP contribution in [0.5, 0.6) is 5.75 Å². The minimum Gasteiger partial charge on any atom is -0.376 e. The summed E-state index contributed by atoms with van der Waals surface area (Å²) in [6, 6.07) is 27.4. The van der Waals surface area contributed by atoms with Crippen LogP contribution in [-0.4, -0.2) is 13.9 Å². The number of rotatable bonds is 4. The Kier molecular flexibility index (Phi) is 4.99. The Morgan fingerprint density at radius 3 is 1.73 bits per heavy atom. The first-order valence-electron chi connectivity index (χ1n) is 8.93. The molecule has 0 saturated carbocycles. The summed E-state index contributed by atoms with van der Waals surface area (Å²) in [5.74, 6) is -0.389. The van der Waals surface area contributed by atoms with Crippen molar-refractivity contribution in [2.75, 3.05) is 0 Å². The van der Waals surface area contributed by atoms with Crippen molar-refractivity contribution in [2.24, 2.45) is 0 Å². The summed E-state index contributed by atoms with van der Waals surface area (Å²) in [6.45, 7) is 0. The van der Waals surface area contributed by atoms with Crippen LogP contribution in [0.3, 0.4) is 0 Å². The van der Waals surface area contributed by atoms with Crippen LogP contribution in [-0.2, 0) is 10.1 Å². The molecular formula is C23H15F3O3S. The van der Waals surface area contributed by atoms with Gasteiger partial charge in [0.2, 0.25) is 0 Å². The van der Waals surface area contributed by atoms with E-state index in [9.17, 15) is 21.6 Å². The molecule has 0 fully saturated rings. The third-order valence-electron chi connectivity index (χ3n) is 4.63. The predicted molar refractivity (Wildman–Crippen MR) is 110 cm³/mol. The molecular weight excluding hydrogens is 413 g/mol. The maximum absolute atomic E-state index is 12.5. The largest absolute Gasteiger partial charge is 0.534 e. The van der Waals surface area contributed by atoms with Crippen molar-refractivity contribution in [3.63, 3.8) is 0 Å². The third-order valence-corrected chi connectivity index (χ3v) is 5.61. The van der Waals surface area contributed by atoms with Crippen LogP contribution in [0.1, 0.15) is 0 Å². The van der Waals surface area contributed by atoms with Gasteiger partial charge in [-0.3, -0.25) is 0 Å². The first-order valence-corrected chi connectivity index (χ1v) is 10.3. The zero-order chi connectivity index (χ0) is 21.4. The van der Waals surface area contributed by atoms with Crippen LogP contribution >= 0.6 is 0 Å². The zero-order valence-corrected chi connectivity index (χ0v) is 16.2. The lowest BCUT2D eigenvalue weighted by Crippen LogP contribution is -2.28. The monoisotopic (exact) mass is 428 g/mol. The number of hydrogen-bond donors (Lipinski definition) is 0. The van der Waals surface area contributed by atoms with Gasteiger partial charge < -0.3 is 4.18 Å². The van der Waals surface area contributed by atoms with Gasteiger partial charge in [0.05, 0.1) is 0 Å². The van der Waals surface area contributed by atoms with Crippen molar-refractivity contribution in [1.82, 2.24) is 0 Å². The molecule has 0 aromatic heterocycles. The van der Waals surface area contributed by atoms with E-state index in [0.717, 1.165) is 27.6 Å². The Hall–Kier alpha value is -3.32. The number of benzene rings is 4. The van der Waals surface area contributed by atoms with Crippen molar-refractivity contribution in [2.45, 2.75) is 5.51 Å². The molecule has 152 valence electrons. The molecule has 0 aliphatic heterocycles. The van der Waals surface area contributed by atoms with E-state index in [4.69, 9.17) is 0 Å². The normalized spacial score (nSPS) is 12.1. The average molecular weight is 428 g/mol. The SMILES string of the molecule is O=S(=O)(Oc1ccc2cc(-c3ccc(-c4ccccc4)cc3)ccc2c1)C(F)(F)F. The van der Waals surface area contributed by atoms with E-state index in [-0.39, 0.29) is 5.75 Å². The molecule has 0 atom stereocenters. The molecule has 4 aromatic carbocycles. The van der Waals surface area contributed by atoms with E-state index in [2.05, 4.69) is 4.18 Å². The molecule has 0 spiro atoms. The summed E-state index contributed by atoms with van der Waals surface area (Å²) in [5.41, 5.74) is -1.36. The van der Waals surface area contributed by atoms with Crippen molar-refractivity contribution in [1.29, 1.82) is 0 Å². The van der Waals surface area contributed by atoms with Crippen molar-refractivity contribution < 1.29 is 25.8 Å². The van der Waals surface area contributed by atoms with Crippen LogP contribution in [0.15, 0.2) is 91.0 Å². The molecule has 4 aromatic rings. The van der Waals surface area contributed by atoms with Gasteiger partial charge in [-0.2, -0.15) is 21.6 Å². The van der Waals surface area contributed by atoms with Gasteiger partial charge in [0.1, 0.15) is 5.75 Å². The molecule has 0 aliphatic carbocycles. The van der Waals surface area contributed by atoms with Gasteiger partial charge in [-0.1, -0.05) is 72.8 Å². The average Bonchev–Trinajstić information content (AvgIpc) is 2.73. The number of alkyl halides is 3. The quantitative estimate of drug-likeness (QED) is 0.279. The minimum atomic E-state index is -5.70. The maximum atomic E-state index is 12.5. The summed E-state index contributed by atoms with van der Waals surface area (Å²) in [7, 11) is -5.70. The smallest absolute Gasteiger partial charge is 0.376 e. The van der Waals surface area contributed by atoms with Gasteiger partial charge in [-0.25, -0.2) is 0 Å². The summed E-state index contributed by atoms with van der Waals surface area (Å²) in [6.07, 6.45) is 0. The molecule has 0 radical (unpaired) electrons. The fourth-order valence-electron chi connectivity index (χ4n) is 3.11. The molecule has 0 bridgehead atoms. The second-order valence-electron chi connectivity index (χ2n) is 6.65. The van der Waals surface area contributed by atoms with Crippen LogP contribution in [0, 0.1) is 0 Å². The topological polar surface area (TPSA) is 43.4 Å². The van der Waals surface area contributed by atoms with Gasteiger partial charge in [0, 0.05) is 0 Å². The van der Waals surface area contributed by atoms with Gasteiger partial charge in [-0.15, -0.1) is 0 Å². The van der Waals surface area contributed by atoms with E-state index < -0.39 is 15.6 Å². The summed E-state index contributed by atoms with van der Waals surface area (Å²) in [4.78, 5) is 0. The van der Waals surface area contributed by atoms with E-state index in [1.54, 1.807) is 6.07 Å². The van der Waals surface area contributed by atoms with Crippen molar-refractivity contribution in [3.05, 3.63) is 91.0 Å². The summed E-state index contributed by atoms with van der Waals surface area (Å²) >= 11 is 0. The molecule has 3 nitrogen and oxygen atoms in total. The van der Waals surface area contributed by atoms with E-state index in [0.29, 0.717) is 5.39 Å². The molecule has 0 heterocycles.